The Bertz CT molecular complexity index is 1290. The Morgan fingerprint density at radius 2 is 2.00 bits per heavy atom. The smallest absolute Gasteiger partial charge is 0.182 e. The molecule has 1 N–H and O–H groups in total. The van der Waals surface area contributed by atoms with Gasteiger partial charge in [-0.2, -0.15) is 10.4 Å². The molecule has 0 aliphatic rings. The molecule has 0 aliphatic heterocycles. The van der Waals surface area contributed by atoms with E-state index in [0.717, 1.165) is 5.39 Å². The fraction of sp³-hybridized carbons (Fsp3) is 0.0500. The molecule has 0 radical (unpaired) electrons. The van der Waals surface area contributed by atoms with Gasteiger partial charge in [-0.15, -0.1) is 0 Å². The van der Waals surface area contributed by atoms with Gasteiger partial charge in [-0.3, -0.25) is 5.10 Å². The number of nitrogens with one attached hydrogen (secondary N) is 1. The van der Waals surface area contributed by atoms with Crippen molar-refractivity contribution >= 4 is 50.2 Å². The van der Waals surface area contributed by atoms with E-state index in [1.165, 1.54) is 18.2 Å². The minimum absolute atomic E-state index is 0.00125. The molecule has 0 unspecified atom stereocenters. The summed E-state index contributed by atoms with van der Waals surface area (Å²) in [7, 11) is 0. The number of aromatic amines is 1. The maximum absolute atomic E-state index is 15.2. The molecule has 9 heteroatoms. The van der Waals surface area contributed by atoms with Crippen LogP contribution >= 0.6 is 39.1 Å². The SMILES string of the molecule is N#Cc1cc(Cl)cc(Oc2c(Br)ccc(Cc3[nH]nc4nc(Cl)ccc34)c2F)c1. The molecule has 0 amide bonds. The molecule has 144 valence electrons. The van der Waals surface area contributed by atoms with Crippen molar-refractivity contribution in [1.82, 2.24) is 15.2 Å². The van der Waals surface area contributed by atoms with Gasteiger partial charge in [-0.1, -0.05) is 29.3 Å². The Hall–Kier alpha value is -2.66. The van der Waals surface area contributed by atoms with Gasteiger partial charge in [0.05, 0.1) is 16.1 Å². The van der Waals surface area contributed by atoms with Crippen LogP contribution in [0.15, 0.2) is 46.9 Å². The van der Waals surface area contributed by atoms with E-state index >= 15 is 4.39 Å². The van der Waals surface area contributed by atoms with Crippen molar-refractivity contribution in [3.8, 4) is 17.6 Å². The van der Waals surface area contributed by atoms with Crippen LogP contribution in [0.1, 0.15) is 16.8 Å². The predicted octanol–water partition coefficient (Wildman–Crippen LogP) is 6.42. The van der Waals surface area contributed by atoms with Gasteiger partial charge in [-0.25, -0.2) is 9.37 Å². The van der Waals surface area contributed by atoms with Crippen LogP contribution in [-0.4, -0.2) is 15.2 Å². The fourth-order valence-electron chi connectivity index (χ4n) is 2.86. The van der Waals surface area contributed by atoms with Crippen molar-refractivity contribution in [2.45, 2.75) is 6.42 Å². The summed E-state index contributed by atoms with van der Waals surface area (Å²) in [6.45, 7) is 0. The number of ether oxygens (including phenoxy) is 1. The van der Waals surface area contributed by atoms with E-state index in [4.69, 9.17) is 33.2 Å². The lowest BCUT2D eigenvalue weighted by Crippen LogP contribution is -1.98. The monoisotopic (exact) mass is 490 g/mol. The summed E-state index contributed by atoms with van der Waals surface area (Å²) in [6.07, 6.45) is 0.244. The van der Waals surface area contributed by atoms with Crippen molar-refractivity contribution in [1.29, 1.82) is 5.26 Å². The van der Waals surface area contributed by atoms with Crippen LogP contribution in [0.4, 0.5) is 4.39 Å². The Morgan fingerprint density at radius 3 is 2.79 bits per heavy atom. The van der Waals surface area contributed by atoms with Crippen LogP contribution in [-0.2, 0) is 6.42 Å². The number of hydrogen-bond acceptors (Lipinski definition) is 4. The standard InChI is InChI=1S/C20H10BrCl2FN4O/c21-15-3-1-11(7-16-14-2-4-17(23)26-20(14)28-27-16)18(24)19(15)29-13-6-10(9-25)5-12(22)8-13/h1-6,8H,7H2,(H,26,27,28). The van der Waals surface area contributed by atoms with E-state index in [2.05, 4.69) is 31.1 Å². The topological polar surface area (TPSA) is 74.6 Å². The highest BCUT2D eigenvalue weighted by Gasteiger charge is 2.17. The predicted molar refractivity (Wildman–Crippen MR) is 112 cm³/mol. The van der Waals surface area contributed by atoms with Crippen LogP contribution in [0.3, 0.4) is 0 Å². The number of fused-ring (bicyclic) bond motifs is 1. The highest BCUT2D eigenvalue weighted by atomic mass is 79.9. The lowest BCUT2D eigenvalue weighted by atomic mass is 10.1. The summed E-state index contributed by atoms with van der Waals surface area (Å²) in [6, 6.07) is 13.3. The number of halogens is 4. The molecule has 0 spiro atoms. The number of benzene rings is 2. The van der Waals surface area contributed by atoms with E-state index in [-0.39, 0.29) is 17.9 Å². The zero-order chi connectivity index (χ0) is 20.5. The van der Waals surface area contributed by atoms with Gasteiger partial charge in [0.15, 0.2) is 17.2 Å². The number of nitriles is 1. The summed E-state index contributed by atoms with van der Waals surface area (Å²) in [5.41, 5.74) is 1.87. The second kappa shape index (κ2) is 7.99. The van der Waals surface area contributed by atoms with Crippen LogP contribution < -0.4 is 4.74 Å². The van der Waals surface area contributed by atoms with E-state index < -0.39 is 5.82 Å². The third-order valence-electron chi connectivity index (χ3n) is 4.18. The van der Waals surface area contributed by atoms with E-state index in [9.17, 15) is 0 Å². The molecule has 29 heavy (non-hydrogen) atoms. The molecule has 2 heterocycles. The molecule has 0 saturated carbocycles. The summed E-state index contributed by atoms with van der Waals surface area (Å²) >= 11 is 15.2. The Kier molecular flexibility index (Phi) is 5.41. The van der Waals surface area contributed by atoms with Crippen molar-refractivity contribution in [2.75, 3.05) is 0 Å². The number of pyridine rings is 1. The molecule has 0 fully saturated rings. The zero-order valence-corrected chi connectivity index (χ0v) is 17.6. The molecule has 0 saturated heterocycles. The summed E-state index contributed by atoms with van der Waals surface area (Å²) in [5, 5.41) is 17.5. The third-order valence-corrected chi connectivity index (χ3v) is 5.23. The number of H-pyrrole nitrogens is 1. The molecular weight excluding hydrogens is 482 g/mol. The third kappa shape index (κ3) is 4.06. The first kappa shape index (κ1) is 19.6. The quantitative estimate of drug-likeness (QED) is 0.334. The molecule has 4 rings (SSSR count). The Morgan fingerprint density at radius 1 is 1.17 bits per heavy atom. The average molecular weight is 492 g/mol. The number of aromatic nitrogens is 3. The van der Waals surface area contributed by atoms with Gasteiger partial charge in [-0.05, 0) is 57.9 Å². The minimum atomic E-state index is -0.539. The molecule has 0 bridgehead atoms. The first-order valence-electron chi connectivity index (χ1n) is 8.29. The van der Waals surface area contributed by atoms with Gasteiger partial charge in [0, 0.05) is 22.5 Å². The number of nitrogens with zero attached hydrogens (tertiary/aromatic N) is 3. The van der Waals surface area contributed by atoms with Crippen molar-refractivity contribution < 1.29 is 9.13 Å². The molecule has 4 aromatic rings. The average Bonchev–Trinajstić information content (AvgIpc) is 3.08. The van der Waals surface area contributed by atoms with Gasteiger partial charge in [0.25, 0.3) is 0 Å². The molecule has 2 aromatic carbocycles. The lowest BCUT2D eigenvalue weighted by Gasteiger charge is -2.12. The summed E-state index contributed by atoms with van der Waals surface area (Å²) in [4.78, 5) is 4.13. The van der Waals surface area contributed by atoms with Crippen molar-refractivity contribution in [3.05, 3.63) is 79.8 Å². The summed E-state index contributed by atoms with van der Waals surface area (Å²) < 4.78 is 21.4. The van der Waals surface area contributed by atoms with Gasteiger partial charge in [0.2, 0.25) is 0 Å². The highest BCUT2D eigenvalue weighted by Crippen LogP contribution is 2.36. The van der Waals surface area contributed by atoms with E-state index in [0.29, 0.717) is 37.1 Å². The van der Waals surface area contributed by atoms with Crippen LogP contribution in [0.25, 0.3) is 11.0 Å². The van der Waals surface area contributed by atoms with Crippen molar-refractivity contribution in [2.24, 2.45) is 0 Å². The van der Waals surface area contributed by atoms with E-state index in [1.54, 1.807) is 24.3 Å². The second-order valence-electron chi connectivity index (χ2n) is 6.12. The fourth-order valence-corrected chi connectivity index (χ4v) is 3.61. The summed E-state index contributed by atoms with van der Waals surface area (Å²) in [5.74, 6) is -0.280. The molecular formula is C20H10BrCl2FN4O. The molecule has 0 atom stereocenters. The normalized spacial score (nSPS) is 10.9. The highest BCUT2D eigenvalue weighted by molar-refractivity contribution is 9.10. The largest absolute Gasteiger partial charge is 0.453 e. The molecule has 2 aromatic heterocycles. The van der Waals surface area contributed by atoms with Crippen molar-refractivity contribution in [3.63, 3.8) is 0 Å². The molecule has 0 aliphatic carbocycles. The number of rotatable bonds is 4. The lowest BCUT2D eigenvalue weighted by molar-refractivity contribution is 0.436. The van der Waals surface area contributed by atoms with Crippen LogP contribution in [0.2, 0.25) is 10.2 Å². The van der Waals surface area contributed by atoms with Gasteiger partial charge < -0.3 is 4.74 Å². The Balaban J connectivity index is 1.70. The Labute approximate surface area is 183 Å². The minimum Gasteiger partial charge on any atom is -0.453 e. The number of hydrogen-bond donors (Lipinski definition) is 1. The maximum Gasteiger partial charge on any atom is 0.182 e. The van der Waals surface area contributed by atoms with Crippen LogP contribution in [0.5, 0.6) is 11.5 Å². The maximum atomic E-state index is 15.2. The van der Waals surface area contributed by atoms with E-state index in [1.807, 2.05) is 6.07 Å². The van der Waals surface area contributed by atoms with Crippen LogP contribution in [0, 0.1) is 17.1 Å². The second-order valence-corrected chi connectivity index (χ2v) is 7.80. The molecule has 5 nitrogen and oxygen atoms in total. The zero-order valence-electron chi connectivity index (χ0n) is 14.5. The van der Waals surface area contributed by atoms with Gasteiger partial charge >= 0.3 is 0 Å². The first-order chi connectivity index (χ1) is 13.9. The first-order valence-corrected chi connectivity index (χ1v) is 9.84. The van der Waals surface area contributed by atoms with Gasteiger partial charge in [0.1, 0.15) is 10.9 Å².